The monoisotopic (exact) mass is 492 g/mol. The van der Waals surface area contributed by atoms with Gasteiger partial charge >= 0.3 is 0 Å². The quantitative estimate of drug-likeness (QED) is 0.253. The third-order valence-electron chi connectivity index (χ3n) is 4.74. The molecule has 0 saturated carbocycles. The minimum Gasteiger partial charge on any atom is -0.325 e. The third kappa shape index (κ3) is 6.81. The van der Waals surface area contributed by atoms with E-state index in [0.717, 1.165) is 18.4 Å². The summed E-state index contributed by atoms with van der Waals surface area (Å²) >= 11 is 18.7. The predicted molar refractivity (Wildman–Crippen MR) is 135 cm³/mol. The van der Waals surface area contributed by atoms with E-state index in [0.29, 0.717) is 44.3 Å². The molecule has 0 unspecified atom stereocenters. The van der Waals surface area contributed by atoms with E-state index in [9.17, 15) is 9.59 Å². The number of nitrogens with zero attached hydrogens (tertiary/aromatic N) is 1. The summed E-state index contributed by atoms with van der Waals surface area (Å²) in [5, 5.41) is 3.72. The van der Waals surface area contributed by atoms with Crippen molar-refractivity contribution in [2.45, 2.75) is 32.6 Å². The summed E-state index contributed by atoms with van der Waals surface area (Å²) in [5.41, 5.74) is 2.71. The Balaban J connectivity index is 1.42. The van der Waals surface area contributed by atoms with Crippen LogP contribution in [0.2, 0.25) is 10.0 Å². The first-order valence-electron chi connectivity index (χ1n) is 9.90. The highest BCUT2D eigenvalue weighted by atomic mass is 35.5. The molecular formula is C23H22Cl2N2O2S2. The number of thioether (sulfide) groups is 1. The van der Waals surface area contributed by atoms with Crippen LogP contribution in [0, 0.1) is 6.92 Å². The number of nitrogens with one attached hydrogen (secondary N) is 1. The van der Waals surface area contributed by atoms with Crippen molar-refractivity contribution in [3.05, 3.63) is 68.5 Å². The van der Waals surface area contributed by atoms with Crippen molar-refractivity contribution in [2.75, 3.05) is 11.9 Å². The number of thiocarbonyl (C=S) groups is 1. The van der Waals surface area contributed by atoms with Gasteiger partial charge in [-0.15, -0.1) is 0 Å². The highest BCUT2D eigenvalue weighted by Crippen LogP contribution is 2.33. The minimum absolute atomic E-state index is 0.0503. The number of hydrogen-bond donors (Lipinski definition) is 1. The fraction of sp³-hybridized carbons (Fsp3) is 0.261. The lowest BCUT2D eigenvalue weighted by Gasteiger charge is -2.14. The Morgan fingerprint density at radius 3 is 2.58 bits per heavy atom. The SMILES string of the molecule is Cc1ccc(C=C2SC(=S)N(CCCCCC(=O)Nc3ccc(Cl)cc3Cl)C2=O)cc1. The topological polar surface area (TPSA) is 49.4 Å². The standard InChI is InChI=1S/C23H22Cl2N2O2S2/c1-15-6-8-16(9-7-15)13-20-22(29)27(23(30)31-20)12-4-2-3-5-21(28)26-19-11-10-17(24)14-18(19)25/h6-11,13-14H,2-5,12H2,1H3,(H,26,28). The Morgan fingerprint density at radius 2 is 1.87 bits per heavy atom. The number of carbonyl (C=O) groups is 2. The Labute approximate surface area is 202 Å². The number of hydrogen-bond acceptors (Lipinski definition) is 4. The number of halogens is 2. The number of unbranched alkanes of at least 4 members (excludes halogenated alkanes) is 2. The van der Waals surface area contributed by atoms with Gasteiger partial charge in [0.1, 0.15) is 4.32 Å². The molecule has 162 valence electrons. The van der Waals surface area contributed by atoms with Crippen LogP contribution in [-0.4, -0.2) is 27.6 Å². The number of carbonyl (C=O) groups excluding carboxylic acids is 2. The molecule has 0 radical (unpaired) electrons. The van der Waals surface area contributed by atoms with E-state index in [1.807, 2.05) is 37.3 Å². The Hall–Kier alpha value is -1.86. The van der Waals surface area contributed by atoms with Crippen LogP contribution in [-0.2, 0) is 9.59 Å². The molecule has 0 aliphatic carbocycles. The second kappa shape index (κ2) is 11.1. The fourth-order valence-corrected chi connectivity index (χ4v) is 4.81. The van der Waals surface area contributed by atoms with Crippen LogP contribution in [0.5, 0.6) is 0 Å². The van der Waals surface area contributed by atoms with Crippen LogP contribution < -0.4 is 5.32 Å². The van der Waals surface area contributed by atoms with E-state index in [2.05, 4.69) is 5.32 Å². The zero-order valence-corrected chi connectivity index (χ0v) is 20.1. The summed E-state index contributed by atoms with van der Waals surface area (Å²) in [6.07, 6.45) is 4.57. The van der Waals surface area contributed by atoms with Crippen molar-refractivity contribution >= 4 is 75.1 Å². The molecule has 1 saturated heterocycles. The van der Waals surface area contributed by atoms with E-state index in [-0.39, 0.29) is 11.8 Å². The van der Waals surface area contributed by atoms with Gasteiger partial charge in [-0.05, 0) is 49.6 Å². The molecular weight excluding hydrogens is 471 g/mol. The molecule has 3 rings (SSSR count). The number of rotatable bonds is 8. The van der Waals surface area contributed by atoms with Crippen LogP contribution in [0.15, 0.2) is 47.4 Å². The first kappa shape index (κ1) is 23.8. The fourth-order valence-electron chi connectivity index (χ4n) is 3.04. The van der Waals surface area contributed by atoms with Crippen molar-refractivity contribution in [3.8, 4) is 0 Å². The Kier molecular flexibility index (Phi) is 8.55. The van der Waals surface area contributed by atoms with Gasteiger partial charge in [0.25, 0.3) is 5.91 Å². The van der Waals surface area contributed by atoms with E-state index in [1.54, 1.807) is 23.1 Å². The maximum atomic E-state index is 12.7. The molecule has 2 amide bonds. The van der Waals surface area contributed by atoms with Gasteiger partial charge in [-0.25, -0.2) is 0 Å². The van der Waals surface area contributed by atoms with E-state index in [4.69, 9.17) is 35.4 Å². The van der Waals surface area contributed by atoms with Crippen LogP contribution in [0.3, 0.4) is 0 Å². The van der Waals surface area contributed by atoms with E-state index < -0.39 is 0 Å². The van der Waals surface area contributed by atoms with Crippen LogP contribution >= 0.6 is 47.2 Å². The molecule has 4 nitrogen and oxygen atoms in total. The van der Waals surface area contributed by atoms with Gasteiger partial charge < -0.3 is 5.32 Å². The van der Waals surface area contributed by atoms with Crippen LogP contribution in [0.4, 0.5) is 5.69 Å². The summed E-state index contributed by atoms with van der Waals surface area (Å²) in [6, 6.07) is 13.0. The molecule has 8 heteroatoms. The molecule has 1 aliphatic rings. The van der Waals surface area contributed by atoms with Gasteiger partial charge in [-0.2, -0.15) is 0 Å². The molecule has 0 spiro atoms. The van der Waals surface area contributed by atoms with Gasteiger partial charge in [0.05, 0.1) is 15.6 Å². The van der Waals surface area contributed by atoms with E-state index in [1.165, 1.54) is 17.3 Å². The van der Waals surface area contributed by atoms with Gasteiger partial charge in [0.2, 0.25) is 5.91 Å². The smallest absolute Gasteiger partial charge is 0.266 e. The molecule has 1 aliphatic heterocycles. The average Bonchev–Trinajstić information content (AvgIpc) is 2.98. The number of amides is 2. The number of aryl methyl sites for hydroxylation is 1. The highest BCUT2D eigenvalue weighted by molar-refractivity contribution is 8.26. The maximum absolute atomic E-state index is 12.7. The minimum atomic E-state index is -0.101. The van der Waals surface area contributed by atoms with Gasteiger partial charge in [-0.3, -0.25) is 14.5 Å². The molecule has 1 N–H and O–H groups in total. The zero-order valence-electron chi connectivity index (χ0n) is 17.0. The molecule has 31 heavy (non-hydrogen) atoms. The lowest BCUT2D eigenvalue weighted by atomic mass is 10.1. The van der Waals surface area contributed by atoms with Crippen molar-refractivity contribution < 1.29 is 9.59 Å². The molecule has 1 fully saturated rings. The summed E-state index contributed by atoms with van der Waals surface area (Å²) < 4.78 is 0.582. The highest BCUT2D eigenvalue weighted by Gasteiger charge is 2.31. The zero-order chi connectivity index (χ0) is 22.4. The van der Waals surface area contributed by atoms with Crippen LogP contribution in [0.25, 0.3) is 6.08 Å². The predicted octanol–water partition coefficient (Wildman–Crippen LogP) is 6.70. The summed E-state index contributed by atoms with van der Waals surface area (Å²) in [6.45, 7) is 2.58. The molecule has 0 aromatic heterocycles. The molecule has 1 heterocycles. The second-order valence-corrected chi connectivity index (χ2v) is 9.75. The average molecular weight is 493 g/mol. The first-order valence-corrected chi connectivity index (χ1v) is 11.9. The first-order chi connectivity index (χ1) is 14.8. The van der Waals surface area contributed by atoms with Crippen LogP contribution in [0.1, 0.15) is 36.8 Å². The number of benzene rings is 2. The lowest BCUT2D eigenvalue weighted by Crippen LogP contribution is -2.29. The van der Waals surface area contributed by atoms with Gasteiger partial charge in [0, 0.05) is 18.0 Å². The summed E-state index contributed by atoms with van der Waals surface area (Å²) in [7, 11) is 0. The Bertz CT molecular complexity index is 1020. The molecule has 2 aromatic carbocycles. The van der Waals surface area contributed by atoms with Crippen molar-refractivity contribution in [1.29, 1.82) is 0 Å². The summed E-state index contributed by atoms with van der Waals surface area (Å²) in [5.74, 6) is -0.151. The normalized spacial score (nSPS) is 15.1. The maximum Gasteiger partial charge on any atom is 0.266 e. The largest absolute Gasteiger partial charge is 0.325 e. The van der Waals surface area contributed by atoms with Crippen molar-refractivity contribution in [3.63, 3.8) is 0 Å². The summed E-state index contributed by atoms with van der Waals surface area (Å²) in [4.78, 5) is 27.1. The Morgan fingerprint density at radius 1 is 1.13 bits per heavy atom. The lowest BCUT2D eigenvalue weighted by molar-refractivity contribution is -0.122. The van der Waals surface area contributed by atoms with E-state index >= 15 is 0 Å². The third-order valence-corrected chi connectivity index (χ3v) is 6.67. The van der Waals surface area contributed by atoms with Crippen molar-refractivity contribution in [2.24, 2.45) is 0 Å². The second-order valence-electron chi connectivity index (χ2n) is 7.23. The van der Waals surface area contributed by atoms with Gasteiger partial charge in [-0.1, -0.05) is 83.4 Å². The molecule has 0 bridgehead atoms. The molecule has 2 aromatic rings. The van der Waals surface area contributed by atoms with Crippen molar-refractivity contribution in [1.82, 2.24) is 4.90 Å². The van der Waals surface area contributed by atoms with Gasteiger partial charge in [0.15, 0.2) is 0 Å². The number of anilines is 1. The molecule has 0 atom stereocenters.